The number of halogens is 3. The largest absolute Gasteiger partial charge is 0.573 e. The Bertz CT molecular complexity index is 379. The van der Waals surface area contributed by atoms with E-state index in [4.69, 9.17) is 0 Å². The van der Waals surface area contributed by atoms with Crippen molar-refractivity contribution < 1.29 is 17.9 Å². The summed E-state index contributed by atoms with van der Waals surface area (Å²) in [5.74, 6) is 0.170. The first kappa shape index (κ1) is 14.7. The van der Waals surface area contributed by atoms with Gasteiger partial charge in [0.05, 0.1) is 5.69 Å². The number of para-hydroxylation sites is 2. The van der Waals surface area contributed by atoms with Crippen molar-refractivity contribution in [1.82, 2.24) is 0 Å². The molecule has 1 aromatic carbocycles. The first-order valence-electron chi connectivity index (χ1n) is 5.94. The summed E-state index contributed by atoms with van der Waals surface area (Å²) in [7, 11) is 0. The van der Waals surface area contributed by atoms with Gasteiger partial charge < -0.3 is 10.1 Å². The topological polar surface area (TPSA) is 21.3 Å². The van der Waals surface area contributed by atoms with E-state index in [9.17, 15) is 13.2 Å². The van der Waals surface area contributed by atoms with Crippen LogP contribution in [0.15, 0.2) is 24.3 Å². The van der Waals surface area contributed by atoms with E-state index in [1.807, 2.05) is 20.8 Å². The van der Waals surface area contributed by atoms with Crippen molar-refractivity contribution in [3.63, 3.8) is 0 Å². The maximum absolute atomic E-state index is 12.2. The smallest absolute Gasteiger partial charge is 0.404 e. The summed E-state index contributed by atoms with van der Waals surface area (Å²) < 4.78 is 40.7. The molecule has 1 N–H and O–H groups in total. The monoisotopic (exact) mass is 261 g/mol. The predicted octanol–water partition coefficient (Wildman–Crippen LogP) is 4.43. The van der Waals surface area contributed by atoms with Crippen LogP contribution in [0, 0.1) is 5.92 Å². The maximum atomic E-state index is 12.2. The van der Waals surface area contributed by atoms with E-state index in [2.05, 4.69) is 10.1 Å². The van der Waals surface area contributed by atoms with Gasteiger partial charge in [0, 0.05) is 6.04 Å². The zero-order chi connectivity index (χ0) is 13.8. The minimum absolute atomic E-state index is 0.0768. The molecule has 2 nitrogen and oxygen atoms in total. The third kappa shape index (κ3) is 4.47. The van der Waals surface area contributed by atoms with Gasteiger partial charge in [0.2, 0.25) is 0 Å². The van der Waals surface area contributed by atoms with Crippen LogP contribution in [0.1, 0.15) is 27.2 Å². The third-order valence-electron chi connectivity index (χ3n) is 2.99. The van der Waals surface area contributed by atoms with Crippen LogP contribution in [0.3, 0.4) is 0 Å². The molecule has 0 aliphatic rings. The molecule has 0 aliphatic heterocycles. The summed E-state index contributed by atoms with van der Waals surface area (Å²) in [6.07, 6.45) is -3.71. The lowest BCUT2D eigenvalue weighted by atomic mass is 10.0. The van der Waals surface area contributed by atoms with Crippen LogP contribution >= 0.6 is 0 Å². The van der Waals surface area contributed by atoms with Gasteiger partial charge >= 0.3 is 6.36 Å². The lowest BCUT2D eigenvalue weighted by Gasteiger charge is -2.23. The molecule has 0 radical (unpaired) electrons. The van der Waals surface area contributed by atoms with Crippen molar-refractivity contribution in [3.8, 4) is 5.75 Å². The minimum Gasteiger partial charge on any atom is -0.404 e. The van der Waals surface area contributed by atoms with E-state index in [1.54, 1.807) is 12.1 Å². The van der Waals surface area contributed by atoms with E-state index >= 15 is 0 Å². The lowest BCUT2D eigenvalue weighted by Crippen LogP contribution is -2.24. The molecule has 0 aromatic heterocycles. The normalized spacial score (nSPS) is 15.0. The van der Waals surface area contributed by atoms with Crippen molar-refractivity contribution in [2.24, 2.45) is 5.92 Å². The van der Waals surface area contributed by atoms with Crippen molar-refractivity contribution in [3.05, 3.63) is 24.3 Å². The van der Waals surface area contributed by atoms with Gasteiger partial charge in [-0.15, -0.1) is 13.2 Å². The molecule has 0 spiro atoms. The molecule has 0 bridgehead atoms. The molecule has 18 heavy (non-hydrogen) atoms. The van der Waals surface area contributed by atoms with Gasteiger partial charge in [0.15, 0.2) is 5.75 Å². The van der Waals surface area contributed by atoms with Crippen molar-refractivity contribution in [2.75, 3.05) is 5.32 Å². The van der Waals surface area contributed by atoms with E-state index in [0.717, 1.165) is 6.42 Å². The van der Waals surface area contributed by atoms with Gasteiger partial charge in [-0.3, -0.25) is 0 Å². The summed E-state index contributed by atoms with van der Waals surface area (Å²) in [4.78, 5) is 0. The van der Waals surface area contributed by atoms with E-state index in [-0.39, 0.29) is 11.8 Å². The highest BCUT2D eigenvalue weighted by Crippen LogP contribution is 2.31. The predicted molar refractivity (Wildman–Crippen MR) is 65.7 cm³/mol. The van der Waals surface area contributed by atoms with Crippen molar-refractivity contribution >= 4 is 5.69 Å². The second-order valence-electron chi connectivity index (χ2n) is 4.36. The fourth-order valence-electron chi connectivity index (χ4n) is 1.54. The van der Waals surface area contributed by atoms with Crippen LogP contribution in [-0.4, -0.2) is 12.4 Å². The molecule has 5 heteroatoms. The first-order chi connectivity index (χ1) is 8.33. The van der Waals surface area contributed by atoms with E-state index in [1.165, 1.54) is 12.1 Å². The van der Waals surface area contributed by atoms with Gasteiger partial charge in [-0.1, -0.05) is 32.4 Å². The SMILES string of the molecule is CCC(C)C(C)Nc1ccccc1OC(F)(F)F. The summed E-state index contributed by atoms with van der Waals surface area (Å²) in [6.45, 7) is 6.03. The zero-order valence-corrected chi connectivity index (χ0v) is 10.7. The molecular weight excluding hydrogens is 243 g/mol. The molecule has 102 valence electrons. The molecule has 1 rings (SSSR count). The average Bonchev–Trinajstić information content (AvgIpc) is 2.28. The van der Waals surface area contributed by atoms with Gasteiger partial charge in [-0.2, -0.15) is 0 Å². The Labute approximate surface area is 105 Å². The molecule has 0 saturated heterocycles. The number of hydrogen-bond donors (Lipinski definition) is 1. The lowest BCUT2D eigenvalue weighted by molar-refractivity contribution is -0.274. The summed E-state index contributed by atoms with van der Waals surface area (Å²) in [5.41, 5.74) is 0.364. The second-order valence-corrected chi connectivity index (χ2v) is 4.36. The number of alkyl halides is 3. The molecular formula is C13H18F3NO. The van der Waals surface area contributed by atoms with Crippen LogP contribution in [0.4, 0.5) is 18.9 Å². The number of nitrogens with one attached hydrogen (secondary N) is 1. The van der Waals surface area contributed by atoms with Gasteiger partial charge in [-0.05, 0) is 25.0 Å². The molecule has 2 unspecified atom stereocenters. The Morgan fingerprint density at radius 2 is 1.83 bits per heavy atom. The molecule has 0 heterocycles. The Kier molecular flexibility index (Phi) is 4.87. The van der Waals surface area contributed by atoms with Crippen LogP contribution < -0.4 is 10.1 Å². The van der Waals surface area contributed by atoms with Crippen LogP contribution in [-0.2, 0) is 0 Å². The second kappa shape index (κ2) is 5.98. The highest BCUT2D eigenvalue weighted by Gasteiger charge is 2.32. The zero-order valence-electron chi connectivity index (χ0n) is 10.7. The fourth-order valence-corrected chi connectivity index (χ4v) is 1.54. The Hall–Kier alpha value is -1.39. The summed E-state index contributed by atoms with van der Waals surface area (Å²) in [6, 6.07) is 6.15. The molecule has 0 fully saturated rings. The highest BCUT2D eigenvalue weighted by molar-refractivity contribution is 5.56. The van der Waals surface area contributed by atoms with Crippen molar-refractivity contribution in [1.29, 1.82) is 0 Å². The minimum atomic E-state index is -4.67. The van der Waals surface area contributed by atoms with E-state index in [0.29, 0.717) is 11.6 Å². The number of rotatable bonds is 5. The highest BCUT2D eigenvalue weighted by atomic mass is 19.4. The summed E-state index contributed by atoms with van der Waals surface area (Å²) in [5, 5.41) is 3.06. The molecule has 1 aromatic rings. The molecule has 0 amide bonds. The van der Waals surface area contributed by atoms with Gasteiger partial charge in [0.25, 0.3) is 0 Å². The first-order valence-corrected chi connectivity index (χ1v) is 5.94. The molecule has 0 aliphatic carbocycles. The fraction of sp³-hybridized carbons (Fsp3) is 0.538. The van der Waals surface area contributed by atoms with E-state index < -0.39 is 6.36 Å². The van der Waals surface area contributed by atoms with Crippen LogP contribution in [0.5, 0.6) is 5.75 Å². The Morgan fingerprint density at radius 3 is 2.39 bits per heavy atom. The quantitative estimate of drug-likeness (QED) is 0.846. The number of hydrogen-bond acceptors (Lipinski definition) is 2. The van der Waals surface area contributed by atoms with Crippen molar-refractivity contribution in [2.45, 2.75) is 39.6 Å². The summed E-state index contributed by atoms with van der Waals surface area (Å²) >= 11 is 0. The van der Waals surface area contributed by atoms with Gasteiger partial charge in [0.1, 0.15) is 0 Å². The Morgan fingerprint density at radius 1 is 1.22 bits per heavy atom. The van der Waals surface area contributed by atoms with Crippen LogP contribution in [0.2, 0.25) is 0 Å². The standard InChI is InChI=1S/C13H18F3NO/c1-4-9(2)10(3)17-11-7-5-6-8-12(11)18-13(14,15)16/h5-10,17H,4H2,1-3H3. The number of ether oxygens (including phenoxy) is 1. The molecule has 2 atom stereocenters. The Balaban J connectivity index is 2.82. The molecule has 0 saturated carbocycles. The van der Waals surface area contributed by atoms with Crippen LogP contribution in [0.25, 0.3) is 0 Å². The maximum Gasteiger partial charge on any atom is 0.573 e. The number of anilines is 1. The number of benzene rings is 1. The van der Waals surface area contributed by atoms with Gasteiger partial charge in [-0.25, -0.2) is 0 Å². The third-order valence-corrected chi connectivity index (χ3v) is 2.99. The average molecular weight is 261 g/mol.